The molecule has 0 bridgehead atoms. The lowest BCUT2D eigenvalue weighted by Crippen LogP contribution is -2.23. The molecule has 11 heteroatoms. The highest BCUT2D eigenvalue weighted by Gasteiger charge is 2.33. The molecule has 5 nitrogen and oxygen atoms in total. The molecule has 0 aromatic rings. The number of nitrogens with zero attached hydrogens (tertiary/aromatic N) is 1. The second-order valence-corrected chi connectivity index (χ2v) is 7.57. The van der Waals surface area contributed by atoms with E-state index in [4.69, 9.17) is 74.9 Å². The van der Waals surface area contributed by atoms with Crippen LogP contribution in [-0.4, -0.2) is 32.7 Å². The molecule has 0 spiro atoms. The Morgan fingerprint density at radius 2 is 1.45 bits per heavy atom. The molecule has 0 saturated carbocycles. The summed E-state index contributed by atoms with van der Waals surface area (Å²) in [6.45, 7) is -0.824. The number of carbonyl (C=O) groups excluding carboxylic acids is 2. The lowest BCUT2D eigenvalue weighted by Gasteiger charge is -2.10. The fourth-order valence-electron chi connectivity index (χ4n) is 0.662. The highest BCUT2D eigenvalue weighted by molar-refractivity contribution is 6.76. The van der Waals surface area contributed by atoms with E-state index in [1.54, 1.807) is 6.07 Å². The number of halogens is 6. The SMILES string of the molecule is N#CC(=CCOC(=O)C(Cl)(Cl)Cl)COC(=O)C(Cl)(Cl)Cl. The molecule has 0 aliphatic heterocycles. The molecule has 0 fully saturated rings. The predicted octanol–water partition coefficient (Wildman–Crippen LogP) is 3.26. The Hall–Kier alpha value is -0.0900. The van der Waals surface area contributed by atoms with Crippen molar-refractivity contribution < 1.29 is 19.1 Å². The van der Waals surface area contributed by atoms with Crippen LogP contribution in [-0.2, 0) is 19.1 Å². The van der Waals surface area contributed by atoms with Crippen molar-refractivity contribution in [3.05, 3.63) is 11.6 Å². The molecule has 0 N–H and O–H groups in total. The molecule has 0 aliphatic carbocycles. The summed E-state index contributed by atoms with van der Waals surface area (Å²) in [6.07, 6.45) is 1.14. The monoisotopic (exact) mass is 401 g/mol. The minimum absolute atomic E-state index is 0.0512. The number of alkyl halides is 6. The third-order valence-corrected chi connectivity index (χ3v) is 2.44. The zero-order chi connectivity index (χ0) is 16.0. The van der Waals surface area contributed by atoms with E-state index in [1.807, 2.05) is 0 Å². The van der Waals surface area contributed by atoms with Gasteiger partial charge in [-0.3, -0.25) is 0 Å². The van der Waals surface area contributed by atoms with Gasteiger partial charge in [0.05, 0.1) is 11.6 Å². The van der Waals surface area contributed by atoms with Gasteiger partial charge in [-0.15, -0.1) is 0 Å². The second kappa shape index (κ2) is 8.38. The maximum absolute atomic E-state index is 11.1. The van der Waals surface area contributed by atoms with Crippen LogP contribution < -0.4 is 0 Å². The van der Waals surface area contributed by atoms with Gasteiger partial charge in [-0.05, 0) is 6.08 Å². The number of nitriles is 1. The summed E-state index contributed by atoms with van der Waals surface area (Å²) >= 11 is 31.5. The Kier molecular flexibility index (Phi) is 8.34. The summed E-state index contributed by atoms with van der Waals surface area (Å²) in [4.78, 5) is 22.2. The maximum Gasteiger partial charge on any atom is 0.358 e. The van der Waals surface area contributed by atoms with Crippen LogP contribution in [0.15, 0.2) is 11.6 Å². The standard InChI is InChI=1S/C9H5Cl6NO4/c10-8(11,12)6(17)19-2-1-5(3-16)4-20-7(18)9(13,14)15/h1H,2,4H2. The highest BCUT2D eigenvalue weighted by Crippen LogP contribution is 2.28. The quantitative estimate of drug-likeness (QED) is 0.409. The van der Waals surface area contributed by atoms with Gasteiger partial charge in [-0.1, -0.05) is 69.6 Å². The minimum atomic E-state index is -2.25. The van der Waals surface area contributed by atoms with E-state index in [-0.39, 0.29) is 12.2 Å². The molecule has 0 aliphatic rings. The van der Waals surface area contributed by atoms with Crippen LogP contribution in [0.5, 0.6) is 0 Å². The van der Waals surface area contributed by atoms with Crippen molar-refractivity contribution in [2.75, 3.05) is 13.2 Å². The fraction of sp³-hybridized carbons (Fsp3) is 0.444. The zero-order valence-electron chi connectivity index (χ0n) is 9.34. The molecule has 0 heterocycles. The highest BCUT2D eigenvalue weighted by atomic mass is 35.6. The summed E-state index contributed by atoms with van der Waals surface area (Å²) in [5.74, 6) is -2.27. The molecule has 0 unspecified atom stereocenters. The first-order valence-electron chi connectivity index (χ1n) is 4.55. The van der Waals surface area contributed by atoms with Crippen LogP contribution in [0.2, 0.25) is 0 Å². The Morgan fingerprint density at radius 1 is 1.00 bits per heavy atom. The van der Waals surface area contributed by atoms with Crippen molar-refractivity contribution in [2.24, 2.45) is 0 Å². The number of esters is 2. The van der Waals surface area contributed by atoms with Gasteiger partial charge in [0.15, 0.2) is 0 Å². The Balaban J connectivity index is 4.36. The van der Waals surface area contributed by atoms with Gasteiger partial charge in [0.2, 0.25) is 0 Å². The summed E-state index contributed by atoms with van der Waals surface area (Å²) < 4.78 is 4.60. The molecule has 0 aromatic carbocycles. The number of rotatable bonds is 4. The van der Waals surface area contributed by atoms with Gasteiger partial charge in [-0.2, -0.15) is 5.26 Å². The van der Waals surface area contributed by atoms with Gasteiger partial charge in [0.25, 0.3) is 7.59 Å². The summed E-state index contributed by atoms with van der Waals surface area (Å²) in [5, 5.41) is 8.74. The topological polar surface area (TPSA) is 76.4 Å². The molecule has 0 aromatic heterocycles. The average molecular weight is 404 g/mol. The lowest BCUT2D eigenvalue weighted by atomic mass is 10.3. The number of carbonyl (C=O) groups is 2. The number of hydrogen-bond acceptors (Lipinski definition) is 5. The van der Waals surface area contributed by atoms with Crippen LogP contribution in [0.25, 0.3) is 0 Å². The Bertz CT molecular complexity index is 445. The van der Waals surface area contributed by atoms with Crippen LogP contribution >= 0.6 is 69.6 Å². The second-order valence-electron chi connectivity index (χ2n) is 3.01. The van der Waals surface area contributed by atoms with E-state index >= 15 is 0 Å². The first-order chi connectivity index (χ1) is 8.98. The minimum Gasteiger partial charge on any atom is -0.458 e. The normalized spacial score (nSPS) is 12.6. The maximum atomic E-state index is 11.1. The smallest absolute Gasteiger partial charge is 0.358 e. The third kappa shape index (κ3) is 8.25. The molecular weight excluding hydrogens is 399 g/mol. The summed E-state index contributed by atoms with van der Waals surface area (Å²) in [5.41, 5.74) is -0.0512. The molecule has 20 heavy (non-hydrogen) atoms. The van der Waals surface area contributed by atoms with Gasteiger partial charge in [-0.25, -0.2) is 9.59 Å². The largest absolute Gasteiger partial charge is 0.458 e. The molecule has 112 valence electrons. The molecule has 0 atom stereocenters. The first-order valence-corrected chi connectivity index (χ1v) is 6.82. The van der Waals surface area contributed by atoms with Crippen molar-refractivity contribution >= 4 is 81.5 Å². The molecular formula is C9H5Cl6NO4. The van der Waals surface area contributed by atoms with E-state index in [1.165, 1.54) is 0 Å². The molecule has 0 rings (SSSR count). The van der Waals surface area contributed by atoms with E-state index < -0.39 is 26.1 Å². The zero-order valence-corrected chi connectivity index (χ0v) is 13.9. The van der Waals surface area contributed by atoms with Crippen LogP contribution in [0.1, 0.15) is 0 Å². The predicted molar refractivity (Wildman–Crippen MR) is 76.2 cm³/mol. The van der Waals surface area contributed by atoms with E-state index in [2.05, 4.69) is 9.47 Å². The summed E-state index contributed by atoms with van der Waals surface area (Å²) in [6, 6.07) is 1.69. The van der Waals surface area contributed by atoms with Gasteiger partial charge in [0.1, 0.15) is 13.2 Å². The Labute approximate surface area is 144 Å². The molecule has 0 amide bonds. The third-order valence-electron chi connectivity index (χ3n) is 1.51. The average Bonchev–Trinajstić information content (AvgIpc) is 2.30. The molecule has 0 radical (unpaired) electrons. The van der Waals surface area contributed by atoms with Crippen LogP contribution in [0, 0.1) is 11.3 Å². The van der Waals surface area contributed by atoms with Crippen LogP contribution in [0.3, 0.4) is 0 Å². The van der Waals surface area contributed by atoms with Crippen molar-refractivity contribution in [3.63, 3.8) is 0 Å². The first kappa shape index (κ1) is 19.9. The van der Waals surface area contributed by atoms with Crippen molar-refractivity contribution in [3.8, 4) is 6.07 Å². The van der Waals surface area contributed by atoms with Gasteiger partial charge in [0, 0.05) is 0 Å². The fourth-order valence-corrected chi connectivity index (χ4v) is 0.989. The van der Waals surface area contributed by atoms with Crippen LogP contribution in [0.4, 0.5) is 0 Å². The van der Waals surface area contributed by atoms with Crippen molar-refractivity contribution in [1.82, 2.24) is 0 Å². The van der Waals surface area contributed by atoms with E-state index in [9.17, 15) is 9.59 Å². The summed E-state index contributed by atoms with van der Waals surface area (Å²) in [7, 11) is 0. The molecule has 0 saturated heterocycles. The van der Waals surface area contributed by atoms with Gasteiger partial charge >= 0.3 is 11.9 Å². The lowest BCUT2D eigenvalue weighted by molar-refractivity contribution is -0.142. The van der Waals surface area contributed by atoms with Crippen molar-refractivity contribution in [2.45, 2.75) is 7.59 Å². The Morgan fingerprint density at radius 3 is 1.85 bits per heavy atom. The van der Waals surface area contributed by atoms with Crippen molar-refractivity contribution in [1.29, 1.82) is 5.26 Å². The number of ether oxygens (including phenoxy) is 2. The van der Waals surface area contributed by atoms with E-state index in [0.29, 0.717) is 0 Å². The van der Waals surface area contributed by atoms with Gasteiger partial charge < -0.3 is 9.47 Å². The van der Waals surface area contributed by atoms with E-state index in [0.717, 1.165) is 6.08 Å². The number of hydrogen-bond donors (Lipinski definition) is 0.